The average molecular weight is 310 g/mol. The zero-order chi connectivity index (χ0) is 15.6. The number of fused-ring (bicyclic) bond motifs is 1. The summed E-state index contributed by atoms with van der Waals surface area (Å²) in [4.78, 5) is 11.8. The van der Waals surface area contributed by atoms with Gasteiger partial charge >= 0.3 is 0 Å². The molecular weight excluding hydrogens is 288 g/mol. The average Bonchev–Trinajstić information content (AvgIpc) is 3.17. The maximum atomic E-state index is 5.81. The summed E-state index contributed by atoms with van der Waals surface area (Å²) < 4.78 is 8.00. The highest BCUT2D eigenvalue weighted by atomic mass is 16.3. The summed E-state index contributed by atoms with van der Waals surface area (Å²) in [6, 6.07) is 7.92. The number of furan rings is 1. The molecular formula is C18H22N4O. The van der Waals surface area contributed by atoms with Crippen LogP contribution in [-0.4, -0.2) is 39.1 Å². The van der Waals surface area contributed by atoms with Crippen molar-refractivity contribution in [1.82, 2.24) is 19.4 Å². The molecule has 3 aromatic heterocycles. The third-order valence-electron chi connectivity index (χ3n) is 4.55. The Morgan fingerprint density at radius 1 is 1.09 bits per heavy atom. The van der Waals surface area contributed by atoms with Crippen LogP contribution in [0.1, 0.15) is 25.0 Å². The Labute approximate surface area is 135 Å². The van der Waals surface area contributed by atoms with Crippen molar-refractivity contribution in [2.45, 2.75) is 32.7 Å². The van der Waals surface area contributed by atoms with Crippen molar-refractivity contribution in [2.24, 2.45) is 0 Å². The highest BCUT2D eigenvalue weighted by molar-refractivity contribution is 5.75. The number of aromatic nitrogens is 3. The molecule has 3 aromatic rings. The lowest BCUT2D eigenvalue weighted by Crippen LogP contribution is -2.32. The molecule has 4 heterocycles. The number of piperidine rings is 1. The van der Waals surface area contributed by atoms with E-state index in [4.69, 9.17) is 9.40 Å². The van der Waals surface area contributed by atoms with E-state index < -0.39 is 0 Å². The van der Waals surface area contributed by atoms with Crippen molar-refractivity contribution in [1.29, 1.82) is 0 Å². The van der Waals surface area contributed by atoms with Gasteiger partial charge in [-0.1, -0.05) is 6.42 Å². The van der Waals surface area contributed by atoms with Crippen LogP contribution >= 0.6 is 0 Å². The van der Waals surface area contributed by atoms with Crippen molar-refractivity contribution < 1.29 is 4.42 Å². The molecule has 1 fully saturated rings. The lowest BCUT2D eigenvalue weighted by Gasteiger charge is -2.26. The number of pyridine rings is 1. The van der Waals surface area contributed by atoms with Gasteiger partial charge in [-0.25, -0.2) is 9.97 Å². The summed E-state index contributed by atoms with van der Waals surface area (Å²) in [7, 11) is 0. The van der Waals surface area contributed by atoms with Gasteiger partial charge in [0.1, 0.15) is 11.3 Å². The molecule has 5 nitrogen and oxygen atoms in total. The number of hydrogen-bond donors (Lipinski definition) is 0. The van der Waals surface area contributed by atoms with E-state index in [1.165, 1.54) is 32.4 Å². The van der Waals surface area contributed by atoms with Gasteiger partial charge in [0.2, 0.25) is 0 Å². The fourth-order valence-electron chi connectivity index (χ4n) is 3.34. The fraction of sp³-hybridized carbons (Fsp3) is 0.444. The van der Waals surface area contributed by atoms with E-state index in [1.807, 2.05) is 37.4 Å². The van der Waals surface area contributed by atoms with E-state index in [0.717, 1.165) is 41.6 Å². The number of nitrogens with zero attached hydrogens (tertiary/aromatic N) is 4. The van der Waals surface area contributed by atoms with Gasteiger partial charge in [0.05, 0.1) is 0 Å². The van der Waals surface area contributed by atoms with Gasteiger partial charge in [0.25, 0.3) is 0 Å². The first-order chi connectivity index (χ1) is 11.3. The van der Waals surface area contributed by atoms with Crippen LogP contribution in [0.2, 0.25) is 0 Å². The molecule has 0 atom stereocenters. The summed E-state index contributed by atoms with van der Waals surface area (Å²) in [5, 5.41) is 0. The van der Waals surface area contributed by atoms with Gasteiger partial charge in [-0.05, 0) is 57.1 Å². The third-order valence-corrected chi connectivity index (χ3v) is 4.55. The van der Waals surface area contributed by atoms with Crippen molar-refractivity contribution in [2.75, 3.05) is 19.6 Å². The maximum Gasteiger partial charge on any atom is 0.178 e. The predicted molar refractivity (Wildman–Crippen MR) is 90.3 cm³/mol. The van der Waals surface area contributed by atoms with E-state index in [9.17, 15) is 0 Å². The molecule has 0 bridgehead atoms. The molecule has 5 heteroatoms. The van der Waals surface area contributed by atoms with Gasteiger partial charge in [0.15, 0.2) is 17.2 Å². The van der Waals surface area contributed by atoms with Crippen LogP contribution < -0.4 is 0 Å². The smallest absolute Gasteiger partial charge is 0.178 e. The van der Waals surface area contributed by atoms with Crippen LogP contribution in [0.3, 0.4) is 0 Å². The first-order valence-corrected chi connectivity index (χ1v) is 8.42. The molecule has 1 aliphatic heterocycles. The SMILES string of the molecule is Cc1ccc(-c2nc3cccnc3n2CCN2CCCCC2)o1. The van der Waals surface area contributed by atoms with Gasteiger partial charge in [-0.3, -0.25) is 0 Å². The minimum absolute atomic E-state index is 0.819. The molecule has 0 saturated carbocycles. The summed E-state index contributed by atoms with van der Waals surface area (Å²) >= 11 is 0. The van der Waals surface area contributed by atoms with Crippen LogP contribution in [0.25, 0.3) is 22.7 Å². The number of likely N-dealkylation sites (tertiary alicyclic amines) is 1. The lowest BCUT2D eigenvalue weighted by atomic mass is 10.1. The van der Waals surface area contributed by atoms with Gasteiger partial charge in [-0.15, -0.1) is 0 Å². The fourth-order valence-corrected chi connectivity index (χ4v) is 3.34. The predicted octanol–water partition coefficient (Wildman–Crippen LogP) is 3.49. The molecule has 120 valence electrons. The quantitative estimate of drug-likeness (QED) is 0.740. The van der Waals surface area contributed by atoms with Crippen LogP contribution in [-0.2, 0) is 6.54 Å². The first kappa shape index (κ1) is 14.5. The highest BCUT2D eigenvalue weighted by Crippen LogP contribution is 2.25. The first-order valence-electron chi connectivity index (χ1n) is 8.42. The normalized spacial score (nSPS) is 16.2. The van der Waals surface area contributed by atoms with Crippen molar-refractivity contribution in [3.63, 3.8) is 0 Å². The Hall–Kier alpha value is -2.14. The molecule has 0 unspecified atom stereocenters. The zero-order valence-electron chi connectivity index (χ0n) is 13.5. The topological polar surface area (TPSA) is 47.1 Å². The van der Waals surface area contributed by atoms with Gasteiger partial charge in [-0.2, -0.15) is 0 Å². The second-order valence-electron chi connectivity index (χ2n) is 6.25. The van der Waals surface area contributed by atoms with E-state index in [2.05, 4.69) is 14.5 Å². The summed E-state index contributed by atoms with van der Waals surface area (Å²) in [6.07, 6.45) is 5.82. The molecule has 1 aliphatic rings. The monoisotopic (exact) mass is 310 g/mol. The minimum Gasteiger partial charge on any atom is -0.458 e. The largest absolute Gasteiger partial charge is 0.458 e. The van der Waals surface area contributed by atoms with E-state index in [-0.39, 0.29) is 0 Å². The number of hydrogen-bond acceptors (Lipinski definition) is 4. The van der Waals surface area contributed by atoms with E-state index in [0.29, 0.717) is 0 Å². The molecule has 0 radical (unpaired) electrons. The molecule has 0 aliphatic carbocycles. The van der Waals surface area contributed by atoms with Crippen molar-refractivity contribution in [3.8, 4) is 11.6 Å². The Morgan fingerprint density at radius 2 is 1.96 bits per heavy atom. The number of rotatable bonds is 4. The Balaban J connectivity index is 1.67. The highest BCUT2D eigenvalue weighted by Gasteiger charge is 2.17. The van der Waals surface area contributed by atoms with Crippen molar-refractivity contribution >= 4 is 11.2 Å². The summed E-state index contributed by atoms with van der Waals surface area (Å²) in [5.74, 6) is 2.60. The second-order valence-corrected chi connectivity index (χ2v) is 6.25. The van der Waals surface area contributed by atoms with Gasteiger partial charge < -0.3 is 13.9 Å². The lowest BCUT2D eigenvalue weighted by molar-refractivity contribution is 0.221. The van der Waals surface area contributed by atoms with Crippen LogP contribution in [0.15, 0.2) is 34.9 Å². The number of aryl methyl sites for hydroxylation is 1. The maximum absolute atomic E-state index is 5.81. The van der Waals surface area contributed by atoms with E-state index >= 15 is 0 Å². The van der Waals surface area contributed by atoms with Crippen LogP contribution in [0.4, 0.5) is 0 Å². The summed E-state index contributed by atoms with van der Waals surface area (Å²) in [6.45, 7) is 6.30. The molecule has 4 rings (SSSR count). The van der Waals surface area contributed by atoms with Crippen LogP contribution in [0.5, 0.6) is 0 Å². The molecule has 1 saturated heterocycles. The number of imidazole rings is 1. The third kappa shape index (κ3) is 2.88. The minimum atomic E-state index is 0.819. The Morgan fingerprint density at radius 3 is 2.74 bits per heavy atom. The Kier molecular flexibility index (Phi) is 3.87. The molecule has 23 heavy (non-hydrogen) atoms. The molecule has 0 N–H and O–H groups in total. The standard InChI is InChI=1S/C18H22N4O/c1-14-7-8-16(23-14)18-20-15-6-5-9-19-17(15)22(18)13-12-21-10-3-2-4-11-21/h5-9H,2-4,10-13H2,1H3. The molecule has 0 aromatic carbocycles. The van der Waals surface area contributed by atoms with E-state index in [1.54, 1.807) is 0 Å². The Bertz CT molecular complexity index is 798. The van der Waals surface area contributed by atoms with Crippen molar-refractivity contribution in [3.05, 3.63) is 36.2 Å². The van der Waals surface area contributed by atoms with Gasteiger partial charge in [0, 0.05) is 19.3 Å². The zero-order valence-corrected chi connectivity index (χ0v) is 13.5. The second kappa shape index (κ2) is 6.16. The van der Waals surface area contributed by atoms with Crippen LogP contribution in [0, 0.1) is 6.92 Å². The molecule has 0 spiro atoms. The molecule has 0 amide bonds. The summed E-state index contributed by atoms with van der Waals surface area (Å²) in [5.41, 5.74) is 1.86.